The molecule has 178 valence electrons. The standard InChI is InChI=1S/C21H16ClF3N4O5/c22-14-6-12(7-17-19(14)33-5-1-4-32-17)20(31)34-9-18(30)28-15-8-13(21(23,24)25)2-3-16(15)29-11-26-10-27-29/h2-3,6-8,10-11H,1,4-5,9H2,(H,28,30). The third-order valence-corrected chi connectivity index (χ3v) is 4.92. The lowest BCUT2D eigenvalue weighted by Crippen LogP contribution is -2.22. The number of amides is 1. The normalized spacial score (nSPS) is 13.2. The highest BCUT2D eigenvalue weighted by molar-refractivity contribution is 6.32. The quantitative estimate of drug-likeness (QED) is 0.534. The van der Waals surface area contributed by atoms with Crippen LogP contribution in [0.4, 0.5) is 18.9 Å². The number of nitrogens with zero attached hydrogens (tertiary/aromatic N) is 3. The SMILES string of the molecule is O=C(COC(=O)c1cc(Cl)c2c(c1)OCCCO2)Nc1cc(C(F)(F)F)ccc1-n1cncn1. The molecule has 0 spiro atoms. The number of hydrogen-bond donors (Lipinski definition) is 1. The number of alkyl halides is 3. The van der Waals surface area contributed by atoms with Crippen LogP contribution in [0.15, 0.2) is 43.0 Å². The number of carbonyl (C=O) groups is 2. The Bertz CT molecular complexity index is 1220. The van der Waals surface area contributed by atoms with Crippen LogP contribution in [0.1, 0.15) is 22.3 Å². The number of anilines is 1. The molecule has 2 aromatic carbocycles. The van der Waals surface area contributed by atoms with Gasteiger partial charge in [-0.05, 0) is 30.3 Å². The topological polar surface area (TPSA) is 105 Å². The van der Waals surface area contributed by atoms with Gasteiger partial charge >= 0.3 is 12.1 Å². The third-order valence-electron chi connectivity index (χ3n) is 4.64. The smallest absolute Gasteiger partial charge is 0.416 e. The summed E-state index contributed by atoms with van der Waals surface area (Å²) >= 11 is 6.15. The maximum Gasteiger partial charge on any atom is 0.416 e. The van der Waals surface area contributed by atoms with E-state index in [9.17, 15) is 22.8 Å². The van der Waals surface area contributed by atoms with Gasteiger partial charge in [0.25, 0.3) is 5.91 Å². The monoisotopic (exact) mass is 496 g/mol. The highest BCUT2D eigenvalue weighted by Crippen LogP contribution is 2.38. The number of fused-ring (bicyclic) bond motifs is 1. The van der Waals surface area contributed by atoms with Crippen molar-refractivity contribution in [2.24, 2.45) is 0 Å². The Morgan fingerprint density at radius 2 is 1.97 bits per heavy atom. The first kappa shape index (κ1) is 23.4. The molecule has 0 saturated carbocycles. The Morgan fingerprint density at radius 3 is 2.71 bits per heavy atom. The lowest BCUT2D eigenvalue weighted by atomic mass is 10.1. The zero-order valence-corrected chi connectivity index (χ0v) is 18.0. The second-order valence-corrected chi connectivity index (χ2v) is 7.44. The first-order chi connectivity index (χ1) is 16.2. The number of halogens is 4. The van der Waals surface area contributed by atoms with Crippen LogP contribution in [0.2, 0.25) is 5.02 Å². The van der Waals surface area contributed by atoms with E-state index in [4.69, 9.17) is 25.8 Å². The molecule has 1 aliphatic heterocycles. The summed E-state index contributed by atoms with van der Waals surface area (Å²) in [7, 11) is 0. The lowest BCUT2D eigenvalue weighted by molar-refractivity contribution is -0.137. The van der Waals surface area contributed by atoms with Gasteiger partial charge in [0.15, 0.2) is 18.1 Å². The van der Waals surface area contributed by atoms with Crippen molar-refractivity contribution in [3.8, 4) is 17.2 Å². The molecule has 1 aromatic heterocycles. The number of rotatable bonds is 5. The van der Waals surface area contributed by atoms with Gasteiger partial charge in [-0.2, -0.15) is 18.3 Å². The Hall–Kier alpha value is -3.80. The fourth-order valence-electron chi connectivity index (χ4n) is 3.09. The number of ether oxygens (including phenoxy) is 3. The predicted octanol–water partition coefficient (Wildman–Crippen LogP) is 3.90. The average Bonchev–Trinajstić information content (AvgIpc) is 3.21. The molecule has 0 saturated heterocycles. The molecule has 1 amide bonds. The molecule has 1 N–H and O–H groups in total. The van der Waals surface area contributed by atoms with Crippen molar-refractivity contribution in [3.05, 3.63) is 59.1 Å². The molecule has 1 aliphatic rings. The number of nitrogens with one attached hydrogen (secondary N) is 1. The van der Waals surface area contributed by atoms with Crippen molar-refractivity contribution in [1.29, 1.82) is 0 Å². The van der Waals surface area contributed by atoms with Gasteiger partial charge in [-0.25, -0.2) is 14.5 Å². The van der Waals surface area contributed by atoms with Gasteiger partial charge < -0.3 is 19.5 Å². The Balaban J connectivity index is 1.48. The fraction of sp³-hybridized carbons (Fsp3) is 0.238. The summed E-state index contributed by atoms with van der Waals surface area (Å²) < 4.78 is 56.6. The van der Waals surface area contributed by atoms with E-state index < -0.39 is 30.2 Å². The molecule has 0 aliphatic carbocycles. The molecule has 0 radical (unpaired) electrons. The summed E-state index contributed by atoms with van der Waals surface area (Å²) in [5.74, 6) is -1.18. The third kappa shape index (κ3) is 5.22. The van der Waals surface area contributed by atoms with Crippen LogP contribution in [0.3, 0.4) is 0 Å². The molecule has 13 heteroatoms. The molecule has 0 bridgehead atoms. The number of aromatic nitrogens is 3. The minimum absolute atomic E-state index is 0.0180. The summed E-state index contributed by atoms with van der Waals surface area (Å²) in [6, 6.07) is 5.42. The first-order valence-electron chi connectivity index (χ1n) is 9.85. The Kier molecular flexibility index (Phi) is 6.59. The molecular formula is C21H16ClF3N4O5. The van der Waals surface area contributed by atoms with Crippen LogP contribution in [0.25, 0.3) is 5.69 Å². The number of esters is 1. The van der Waals surface area contributed by atoms with Crippen molar-refractivity contribution in [2.45, 2.75) is 12.6 Å². The van der Waals surface area contributed by atoms with Crippen LogP contribution in [0, 0.1) is 0 Å². The molecule has 0 fully saturated rings. The van der Waals surface area contributed by atoms with Crippen molar-refractivity contribution in [3.63, 3.8) is 0 Å². The van der Waals surface area contributed by atoms with Crippen molar-refractivity contribution in [2.75, 3.05) is 25.1 Å². The summed E-state index contributed by atoms with van der Waals surface area (Å²) in [5.41, 5.74) is -1.02. The van der Waals surface area contributed by atoms with E-state index >= 15 is 0 Å². The number of carbonyl (C=O) groups excluding carboxylic acids is 2. The van der Waals surface area contributed by atoms with Crippen molar-refractivity contribution >= 4 is 29.2 Å². The van der Waals surface area contributed by atoms with Crippen molar-refractivity contribution in [1.82, 2.24) is 14.8 Å². The van der Waals surface area contributed by atoms with E-state index in [1.165, 1.54) is 29.5 Å². The molecular weight excluding hydrogens is 481 g/mol. The van der Waals surface area contributed by atoms with E-state index in [0.717, 1.165) is 18.2 Å². The molecule has 0 atom stereocenters. The van der Waals surface area contributed by atoms with Gasteiger partial charge in [0.1, 0.15) is 12.7 Å². The van der Waals surface area contributed by atoms with Gasteiger partial charge in [-0.15, -0.1) is 0 Å². The first-order valence-corrected chi connectivity index (χ1v) is 10.2. The molecule has 2 heterocycles. The summed E-state index contributed by atoms with van der Waals surface area (Å²) in [5, 5.41) is 6.31. The summed E-state index contributed by atoms with van der Waals surface area (Å²) in [6.07, 6.45) is -1.56. The van der Waals surface area contributed by atoms with Gasteiger partial charge in [0, 0.05) is 6.42 Å². The largest absolute Gasteiger partial charge is 0.489 e. The summed E-state index contributed by atoms with van der Waals surface area (Å²) in [6.45, 7) is 0.00999. The molecule has 4 rings (SSSR count). The summed E-state index contributed by atoms with van der Waals surface area (Å²) in [4.78, 5) is 28.6. The van der Waals surface area contributed by atoms with Gasteiger partial charge in [0.2, 0.25) is 0 Å². The van der Waals surface area contributed by atoms with Crippen molar-refractivity contribution < 1.29 is 37.0 Å². The van der Waals surface area contributed by atoms with E-state index in [-0.39, 0.29) is 27.7 Å². The average molecular weight is 497 g/mol. The molecule has 3 aromatic rings. The molecule has 0 unspecified atom stereocenters. The minimum atomic E-state index is -4.64. The second kappa shape index (κ2) is 9.59. The minimum Gasteiger partial charge on any atom is -0.489 e. The van der Waals surface area contributed by atoms with E-state index in [2.05, 4.69) is 15.4 Å². The van der Waals surface area contributed by atoms with Gasteiger partial charge in [0.05, 0.1) is 40.7 Å². The maximum atomic E-state index is 13.2. The lowest BCUT2D eigenvalue weighted by Gasteiger charge is -2.15. The van der Waals surface area contributed by atoms with Gasteiger partial charge in [-0.1, -0.05) is 11.6 Å². The highest BCUT2D eigenvalue weighted by Gasteiger charge is 2.31. The van der Waals surface area contributed by atoms with Crippen LogP contribution in [-0.2, 0) is 15.7 Å². The van der Waals surface area contributed by atoms with E-state index in [1.54, 1.807) is 0 Å². The fourth-order valence-corrected chi connectivity index (χ4v) is 3.36. The second-order valence-electron chi connectivity index (χ2n) is 7.03. The predicted molar refractivity (Wildman–Crippen MR) is 112 cm³/mol. The molecule has 34 heavy (non-hydrogen) atoms. The highest BCUT2D eigenvalue weighted by atomic mass is 35.5. The van der Waals surface area contributed by atoms with Crippen LogP contribution in [-0.4, -0.2) is 46.5 Å². The van der Waals surface area contributed by atoms with Crippen LogP contribution < -0.4 is 14.8 Å². The maximum absolute atomic E-state index is 13.2. The van der Waals surface area contributed by atoms with Crippen LogP contribution >= 0.6 is 11.6 Å². The Labute approximate surface area is 195 Å². The number of hydrogen-bond acceptors (Lipinski definition) is 7. The van der Waals surface area contributed by atoms with E-state index in [1.807, 2.05) is 0 Å². The zero-order chi connectivity index (χ0) is 24.3. The van der Waals surface area contributed by atoms with Gasteiger partial charge in [-0.3, -0.25) is 4.79 Å². The van der Waals surface area contributed by atoms with E-state index in [0.29, 0.717) is 25.4 Å². The molecule has 9 nitrogen and oxygen atoms in total. The Morgan fingerprint density at radius 1 is 1.18 bits per heavy atom. The van der Waals surface area contributed by atoms with Crippen LogP contribution in [0.5, 0.6) is 11.5 Å². The zero-order valence-electron chi connectivity index (χ0n) is 17.3. The number of benzene rings is 2.